The maximum absolute atomic E-state index is 12.0. The number of nitrogens with one attached hydrogen (secondary N) is 1. The summed E-state index contributed by atoms with van der Waals surface area (Å²) in [4.78, 5) is 29.8. The van der Waals surface area contributed by atoms with Crippen LogP contribution < -0.4 is 0 Å². The first-order chi connectivity index (χ1) is 8.13. The van der Waals surface area contributed by atoms with E-state index in [0.717, 1.165) is 11.0 Å². The van der Waals surface area contributed by atoms with E-state index in [-0.39, 0.29) is 12.2 Å². The van der Waals surface area contributed by atoms with Crippen molar-refractivity contribution in [3.05, 3.63) is 30.1 Å². The highest BCUT2D eigenvalue weighted by Gasteiger charge is 2.25. The predicted octanol–water partition coefficient (Wildman–Crippen LogP) is 1.86. The van der Waals surface area contributed by atoms with Gasteiger partial charge in [0.1, 0.15) is 5.92 Å². The second kappa shape index (κ2) is 4.37. The molecule has 17 heavy (non-hydrogen) atoms. The van der Waals surface area contributed by atoms with Gasteiger partial charge >= 0.3 is 5.97 Å². The Labute approximate surface area is 97.5 Å². The number of aromatic amines is 1. The summed E-state index contributed by atoms with van der Waals surface area (Å²) in [5.74, 6) is -2.42. The van der Waals surface area contributed by atoms with Gasteiger partial charge in [-0.1, -0.05) is 6.92 Å². The number of carboxylic acid groups (broad SMARTS) is 1. The van der Waals surface area contributed by atoms with Crippen molar-refractivity contribution in [1.29, 1.82) is 0 Å². The molecule has 0 aliphatic carbocycles. The van der Waals surface area contributed by atoms with E-state index in [1.54, 1.807) is 25.1 Å². The molecule has 2 N–H and O–H groups in total. The molecule has 88 valence electrons. The molecule has 1 aromatic heterocycles. The number of H-pyrrole nitrogens is 1. The highest BCUT2D eigenvalue weighted by atomic mass is 16.4. The second-order valence-electron chi connectivity index (χ2n) is 3.80. The third-order valence-electron chi connectivity index (χ3n) is 2.73. The highest BCUT2D eigenvalue weighted by molar-refractivity contribution is 6.09. The fourth-order valence-corrected chi connectivity index (χ4v) is 1.76. The fourth-order valence-electron chi connectivity index (χ4n) is 1.76. The molecule has 0 fully saturated rings. The summed E-state index contributed by atoms with van der Waals surface area (Å²) in [7, 11) is 0. The number of nitrogens with zero attached hydrogens (tertiary/aromatic N) is 1. The first kappa shape index (κ1) is 11.3. The third kappa shape index (κ3) is 2.04. The van der Waals surface area contributed by atoms with Gasteiger partial charge in [-0.15, -0.1) is 0 Å². The van der Waals surface area contributed by atoms with E-state index < -0.39 is 11.9 Å². The summed E-state index contributed by atoms with van der Waals surface area (Å²) < 4.78 is 0. The van der Waals surface area contributed by atoms with Crippen molar-refractivity contribution >= 4 is 22.8 Å². The number of aliphatic carboxylic acids is 1. The number of imidazole rings is 1. The lowest BCUT2D eigenvalue weighted by Gasteiger charge is -2.08. The Kier molecular flexibility index (Phi) is 2.91. The molecule has 0 amide bonds. The van der Waals surface area contributed by atoms with Crippen LogP contribution in [0.2, 0.25) is 0 Å². The summed E-state index contributed by atoms with van der Waals surface area (Å²) in [5.41, 5.74) is 1.89. The number of carboxylic acids is 1. The summed E-state index contributed by atoms with van der Waals surface area (Å²) in [6, 6.07) is 4.95. The number of carbonyl (C=O) groups excluding carboxylic acids is 1. The molecule has 0 aliphatic heterocycles. The normalized spacial score (nSPS) is 12.5. The van der Waals surface area contributed by atoms with Crippen LogP contribution in [0, 0.1) is 5.92 Å². The molecule has 0 saturated carbocycles. The minimum Gasteiger partial charge on any atom is -0.481 e. The molecular weight excluding hydrogens is 220 g/mol. The average molecular weight is 232 g/mol. The van der Waals surface area contributed by atoms with Crippen molar-refractivity contribution in [2.75, 3.05) is 0 Å². The van der Waals surface area contributed by atoms with Gasteiger partial charge in [0.15, 0.2) is 5.78 Å². The highest BCUT2D eigenvalue weighted by Crippen LogP contribution is 2.17. The van der Waals surface area contributed by atoms with Crippen molar-refractivity contribution in [1.82, 2.24) is 9.97 Å². The maximum atomic E-state index is 12.0. The van der Waals surface area contributed by atoms with Gasteiger partial charge in [0.2, 0.25) is 0 Å². The van der Waals surface area contributed by atoms with Crippen molar-refractivity contribution in [3.8, 4) is 0 Å². The van der Waals surface area contributed by atoms with Crippen LogP contribution in [-0.4, -0.2) is 26.8 Å². The topological polar surface area (TPSA) is 83.0 Å². The Hall–Kier alpha value is -2.17. The molecule has 0 saturated heterocycles. The van der Waals surface area contributed by atoms with Crippen molar-refractivity contribution in [2.45, 2.75) is 13.3 Å². The summed E-state index contributed by atoms with van der Waals surface area (Å²) in [6.07, 6.45) is 1.82. The molecule has 1 aromatic carbocycles. The number of hydrogen-bond acceptors (Lipinski definition) is 3. The summed E-state index contributed by atoms with van der Waals surface area (Å²) >= 11 is 0. The van der Waals surface area contributed by atoms with Gasteiger partial charge in [0.05, 0.1) is 17.4 Å². The van der Waals surface area contributed by atoms with Crippen LogP contribution in [0.1, 0.15) is 23.7 Å². The van der Waals surface area contributed by atoms with Gasteiger partial charge in [0.25, 0.3) is 0 Å². The zero-order valence-electron chi connectivity index (χ0n) is 9.30. The molecule has 0 aliphatic rings. The standard InChI is InChI=1S/C12H12N2O3/c1-2-8(12(16)17)11(15)7-3-4-9-10(5-7)14-6-13-9/h3-6,8H,2H2,1H3,(H,13,14)(H,16,17). The van der Waals surface area contributed by atoms with Crippen LogP contribution in [0.4, 0.5) is 0 Å². The third-order valence-corrected chi connectivity index (χ3v) is 2.73. The monoisotopic (exact) mass is 232 g/mol. The molecule has 0 radical (unpaired) electrons. The van der Waals surface area contributed by atoms with E-state index >= 15 is 0 Å². The predicted molar refractivity (Wildman–Crippen MR) is 61.8 cm³/mol. The first-order valence-electron chi connectivity index (χ1n) is 5.33. The van der Waals surface area contributed by atoms with Gasteiger partial charge in [-0.25, -0.2) is 4.98 Å². The quantitative estimate of drug-likeness (QED) is 0.622. The van der Waals surface area contributed by atoms with Crippen LogP contribution in [0.25, 0.3) is 11.0 Å². The Morgan fingerprint density at radius 3 is 2.88 bits per heavy atom. The Morgan fingerprint density at radius 2 is 2.24 bits per heavy atom. The van der Waals surface area contributed by atoms with Crippen LogP contribution in [-0.2, 0) is 4.79 Å². The molecule has 1 heterocycles. The molecule has 1 atom stereocenters. The largest absolute Gasteiger partial charge is 0.481 e. The lowest BCUT2D eigenvalue weighted by Crippen LogP contribution is -2.23. The van der Waals surface area contributed by atoms with Gasteiger partial charge in [-0.05, 0) is 24.6 Å². The van der Waals surface area contributed by atoms with E-state index in [9.17, 15) is 9.59 Å². The number of carbonyl (C=O) groups is 2. The number of fused-ring (bicyclic) bond motifs is 1. The van der Waals surface area contributed by atoms with Crippen molar-refractivity contribution in [3.63, 3.8) is 0 Å². The van der Waals surface area contributed by atoms with Crippen molar-refractivity contribution < 1.29 is 14.7 Å². The number of benzene rings is 1. The maximum Gasteiger partial charge on any atom is 0.314 e. The fraction of sp³-hybridized carbons (Fsp3) is 0.250. The summed E-state index contributed by atoms with van der Waals surface area (Å²) in [5, 5.41) is 8.94. The van der Waals surface area contributed by atoms with Crippen LogP contribution in [0.15, 0.2) is 24.5 Å². The van der Waals surface area contributed by atoms with Gasteiger partial charge < -0.3 is 10.1 Å². The molecule has 0 spiro atoms. The lowest BCUT2D eigenvalue weighted by atomic mass is 9.95. The molecule has 0 bridgehead atoms. The molecule has 2 aromatic rings. The molecule has 5 heteroatoms. The smallest absolute Gasteiger partial charge is 0.314 e. The van der Waals surface area contributed by atoms with Crippen LogP contribution >= 0.6 is 0 Å². The van der Waals surface area contributed by atoms with Crippen molar-refractivity contribution in [2.24, 2.45) is 5.92 Å². The Balaban J connectivity index is 2.38. The number of ketones is 1. The minimum absolute atomic E-state index is 0.287. The SMILES string of the molecule is CCC(C(=O)O)C(=O)c1ccc2nc[nH]c2c1. The van der Waals surface area contributed by atoms with E-state index in [4.69, 9.17) is 5.11 Å². The zero-order valence-corrected chi connectivity index (χ0v) is 9.30. The Bertz CT molecular complexity index is 574. The van der Waals surface area contributed by atoms with Crippen LogP contribution in [0.5, 0.6) is 0 Å². The van der Waals surface area contributed by atoms with E-state index in [2.05, 4.69) is 9.97 Å². The Morgan fingerprint density at radius 1 is 1.47 bits per heavy atom. The second-order valence-corrected chi connectivity index (χ2v) is 3.80. The average Bonchev–Trinajstić information content (AvgIpc) is 2.75. The first-order valence-corrected chi connectivity index (χ1v) is 5.33. The van der Waals surface area contributed by atoms with Gasteiger partial charge in [0, 0.05) is 5.56 Å². The lowest BCUT2D eigenvalue weighted by molar-refractivity contribution is -0.140. The van der Waals surface area contributed by atoms with E-state index in [1.165, 1.54) is 6.33 Å². The molecule has 5 nitrogen and oxygen atoms in total. The zero-order chi connectivity index (χ0) is 12.4. The summed E-state index contributed by atoms with van der Waals surface area (Å²) in [6.45, 7) is 1.69. The number of aromatic nitrogens is 2. The van der Waals surface area contributed by atoms with E-state index in [1.807, 2.05) is 0 Å². The molecular formula is C12H12N2O3. The van der Waals surface area contributed by atoms with Gasteiger partial charge in [-0.3, -0.25) is 9.59 Å². The number of hydrogen-bond donors (Lipinski definition) is 2. The van der Waals surface area contributed by atoms with Gasteiger partial charge in [-0.2, -0.15) is 0 Å². The molecule has 1 unspecified atom stereocenters. The van der Waals surface area contributed by atoms with Crippen LogP contribution in [0.3, 0.4) is 0 Å². The molecule has 2 rings (SSSR count). The van der Waals surface area contributed by atoms with E-state index in [0.29, 0.717) is 5.56 Å². The number of Topliss-reactive ketones (excluding diaryl/α,β-unsaturated/α-hetero) is 1. The number of rotatable bonds is 4. The minimum atomic E-state index is -1.08.